The first-order chi connectivity index (χ1) is 23.9. The maximum absolute atomic E-state index is 5.94. The van der Waals surface area contributed by atoms with E-state index in [9.17, 15) is 0 Å². The van der Waals surface area contributed by atoms with Gasteiger partial charge in [0.2, 0.25) is 0 Å². The molecule has 6 aromatic carbocycles. The fraction of sp³-hybridized carbons (Fsp3) is 0.213. The van der Waals surface area contributed by atoms with Crippen molar-refractivity contribution in [3.63, 3.8) is 0 Å². The topological polar surface area (TPSA) is 0 Å². The van der Waals surface area contributed by atoms with E-state index in [2.05, 4.69) is 106 Å². The van der Waals surface area contributed by atoms with Gasteiger partial charge in [0.1, 0.15) is 0 Å². The third-order valence-corrected chi connectivity index (χ3v) is 9.08. The number of rotatable bonds is 0. The maximum atomic E-state index is 5.94. The van der Waals surface area contributed by atoms with Crippen LogP contribution in [0.4, 0.5) is 0 Å². The predicted molar refractivity (Wildman–Crippen MR) is 215 cm³/mol. The van der Waals surface area contributed by atoms with E-state index in [-0.39, 0.29) is 10.8 Å². The van der Waals surface area contributed by atoms with Gasteiger partial charge in [0.05, 0.1) is 0 Å². The van der Waals surface area contributed by atoms with Crippen molar-refractivity contribution in [2.45, 2.75) is 65.2 Å². The molecule has 0 bridgehead atoms. The Labute approximate surface area is 325 Å². The van der Waals surface area contributed by atoms with Crippen LogP contribution in [0.3, 0.4) is 0 Å². The quantitative estimate of drug-likeness (QED) is 0.135. The molecule has 0 saturated heterocycles. The molecule has 0 aliphatic heterocycles. The molecule has 8 rings (SSSR count). The van der Waals surface area contributed by atoms with Crippen molar-refractivity contribution in [2.75, 3.05) is 0 Å². The van der Waals surface area contributed by atoms with Crippen molar-refractivity contribution in [3.05, 3.63) is 178 Å². The van der Waals surface area contributed by atoms with Crippen LogP contribution in [-0.4, -0.2) is 4.21 Å². The van der Waals surface area contributed by atoms with Crippen molar-refractivity contribution < 1.29 is 24.2 Å². The number of allylic oxidation sites excluding steroid dienone is 4. The van der Waals surface area contributed by atoms with Crippen molar-refractivity contribution in [1.82, 2.24) is 0 Å². The normalized spacial score (nSPS) is 12.2. The Morgan fingerprint density at radius 3 is 1.64 bits per heavy atom. The van der Waals surface area contributed by atoms with Gasteiger partial charge in [-0.2, -0.15) is 35.4 Å². The third-order valence-electron chi connectivity index (χ3n) is 8.42. The molecule has 0 nitrogen and oxygen atoms in total. The van der Waals surface area contributed by atoms with Gasteiger partial charge in [-0.05, 0) is 27.4 Å². The van der Waals surface area contributed by atoms with E-state index in [1.54, 1.807) is 0 Å². The van der Waals surface area contributed by atoms with Crippen LogP contribution in [0.5, 0.6) is 0 Å². The van der Waals surface area contributed by atoms with Crippen molar-refractivity contribution in [3.8, 4) is 11.1 Å². The molecule has 50 heavy (non-hydrogen) atoms. The van der Waals surface area contributed by atoms with Crippen LogP contribution in [0.2, 0.25) is 10.0 Å². The van der Waals surface area contributed by atoms with Gasteiger partial charge in [0.25, 0.3) is 0 Å². The second kappa shape index (κ2) is 18.2. The second-order valence-corrected chi connectivity index (χ2v) is 14.9. The zero-order valence-electron chi connectivity index (χ0n) is 29.9. The van der Waals surface area contributed by atoms with Crippen molar-refractivity contribution >= 4 is 49.0 Å². The number of halogens is 2. The molecular weight excluding hydrogens is 727 g/mol. The average Bonchev–Trinajstić information content (AvgIpc) is 3.81. The van der Waals surface area contributed by atoms with E-state index in [4.69, 9.17) is 23.2 Å². The van der Waals surface area contributed by atoms with Crippen LogP contribution in [-0.2, 0) is 41.5 Å². The van der Waals surface area contributed by atoms with E-state index < -0.39 is 0 Å². The Kier molecular flexibility index (Phi) is 14.4. The van der Waals surface area contributed by atoms with E-state index in [0.717, 1.165) is 44.4 Å². The van der Waals surface area contributed by atoms with Gasteiger partial charge < -0.3 is 0 Å². The summed E-state index contributed by atoms with van der Waals surface area (Å²) in [6.45, 7) is 13.6. The Morgan fingerprint density at radius 2 is 1.18 bits per heavy atom. The first-order valence-corrected chi connectivity index (χ1v) is 19.3. The summed E-state index contributed by atoms with van der Waals surface area (Å²) in [4.78, 5) is 0. The number of hydrogen-bond donors (Lipinski definition) is 0. The van der Waals surface area contributed by atoms with Crippen LogP contribution in [0.25, 0.3) is 32.7 Å². The van der Waals surface area contributed by atoms with Gasteiger partial charge in [-0.15, -0.1) is 107 Å². The standard InChI is InChI=1S/C21H25.2C10H6Cl.C5H5.CH2.Zr/c1-20(2,3)16-9-7-14-11-15-8-10-17(21(4,5)6)13-19(15)18(14)12-16;2*11-10-7-3-5-8-4-1-2-6-9(8)10;1-2-4-5-3-1;;/h7,9-10,12-13H,11H2,1-6H3;2*1-4,6-7H;1-3H,4H2;1H2;/q4*-1;;. The zero-order chi connectivity index (χ0) is 36.3. The summed E-state index contributed by atoms with van der Waals surface area (Å²) in [5, 5.41) is 5.85. The van der Waals surface area contributed by atoms with Crippen molar-refractivity contribution in [2.24, 2.45) is 0 Å². The molecule has 0 spiro atoms. The Hall–Kier alpha value is -3.35. The first kappa shape index (κ1) is 39.4. The first-order valence-electron chi connectivity index (χ1n) is 16.8. The van der Waals surface area contributed by atoms with E-state index in [1.165, 1.54) is 57.6 Å². The monoisotopic (exact) mass is 768 g/mol. The second-order valence-electron chi connectivity index (χ2n) is 14.1. The van der Waals surface area contributed by atoms with E-state index in [1.807, 2.05) is 84.9 Å². The summed E-state index contributed by atoms with van der Waals surface area (Å²) < 4.78 is 3.34. The summed E-state index contributed by atoms with van der Waals surface area (Å²) >= 11 is 13.2. The van der Waals surface area contributed by atoms with Gasteiger partial charge >= 0.3 is 28.4 Å². The molecule has 0 aromatic heterocycles. The Bertz CT molecular complexity index is 1930. The molecule has 3 heteroatoms. The number of hydrogen-bond acceptors (Lipinski definition) is 0. The van der Waals surface area contributed by atoms with Gasteiger partial charge in [0, 0.05) is 0 Å². The van der Waals surface area contributed by atoms with Crippen molar-refractivity contribution in [1.29, 1.82) is 0 Å². The van der Waals surface area contributed by atoms with Gasteiger partial charge in [-0.25, -0.2) is 12.2 Å². The molecule has 6 aromatic rings. The number of benzene rings is 6. The molecule has 0 atom stereocenters. The fourth-order valence-corrected chi connectivity index (χ4v) is 6.00. The molecule has 0 unspecified atom stereocenters. The molecule has 0 fully saturated rings. The van der Waals surface area contributed by atoms with E-state index >= 15 is 0 Å². The summed E-state index contributed by atoms with van der Waals surface area (Å²) in [5.74, 6) is 0. The van der Waals surface area contributed by atoms with E-state index in [0.29, 0.717) is 0 Å². The van der Waals surface area contributed by atoms with Crippen LogP contribution >= 0.6 is 23.2 Å². The molecule has 0 amide bonds. The molecular formula is C47H44Cl2Zr-4. The predicted octanol–water partition coefficient (Wildman–Crippen LogP) is 13.5. The van der Waals surface area contributed by atoms with Gasteiger partial charge in [-0.1, -0.05) is 111 Å². The minimum atomic E-state index is 0.177. The summed E-state index contributed by atoms with van der Waals surface area (Å²) in [6, 6.07) is 44.6. The summed E-state index contributed by atoms with van der Waals surface area (Å²) in [6.07, 6.45) is 11.0. The molecule has 0 N–H and O–H groups in total. The molecule has 2 aliphatic carbocycles. The zero-order valence-corrected chi connectivity index (χ0v) is 33.9. The van der Waals surface area contributed by atoms with Crippen LogP contribution in [0.15, 0.2) is 121 Å². The molecule has 0 saturated carbocycles. The third kappa shape index (κ3) is 10.6. The average molecular weight is 771 g/mol. The molecule has 2 aliphatic rings. The summed E-state index contributed by atoms with van der Waals surface area (Å²) in [7, 11) is 0. The Balaban J connectivity index is 0.000000163. The van der Waals surface area contributed by atoms with Gasteiger partial charge in [-0.3, -0.25) is 6.08 Å². The minimum absolute atomic E-state index is 0.177. The molecule has 0 radical (unpaired) electrons. The van der Waals surface area contributed by atoms with Gasteiger partial charge in [0.15, 0.2) is 0 Å². The SMILES string of the molecule is CC(C)(C)c1c[c-]c2c(c1)-c1cc(C(C)(C)C)ccc1C2.Clc1cc[c-]c2ccccc12.Clc1cc[c-]c2ccccc12.[C-]1=CC=CC1.[CH2]=[Zr]. The molecule has 254 valence electrons. The fourth-order valence-electron chi connectivity index (χ4n) is 5.55. The Morgan fingerprint density at radius 1 is 0.640 bits per heavy atom. The molecule has 0 heterocycles. The van der Waals surface area contributed by atoms with Crippen LogP contribution in [0, 0.1) is 24.3 Å². The van der Waals surface area contributed by atoms with Crippen LogP contribution < -0.4 is 0 Å². The number of fused-ring (bicyclic) bond motifs is 5. The summed E-state index contributed by atoms with van der Waals surface area (Å²) in [5.41, 5.74) is 8.76. The van der Waals surface area contributed by atoms with Crippen LogP contribution in [0.1, 0.15) is 70.2 Å².